The van der Waals surface area contributed by atoms with Crippen LogP contribution in [0.2, 0.25) is 0 Å². The molecule has 0 atom stereocenters. The highest BCUT2D eigenvalue weighted by molar-refractivity contribution is 6.21. The molecule has 0 radical (unpaired) electrons. The molecule has 0 bridgehead atoms. The lowest BCUT2D eigenvalue weighted by atomic mass is 9.88. The minimum atomic E-state index is 0.506. The van der Waals surface area contributed by atoms with E-state index in [-0.39, 0.29) is 0 Å². The van der Waals surface area contributed by atoms with Crippen LogP contribution in [0, 0.1) is 0 Å². The first-order valence-corrected chi connectivity index (χ1v) is 23.0. The van der Waals surface area contributed by atoms with E-state index in [0.717, 1.165) is 126 Å². The predicted octanol–water partition coefficient (Wildman–Crippen LogP) is 15.7. The number of aromatic nitrogens is 6. The Hall–Kier alpha value is -9.46. The lowest BCUT2D eigenvalue weighted by Gasteiger charge is -2.17. The van der Waals surface area contributed by atoms with Crippen LogP contribution in [0.3, 0.4) is 0 Å². The first kappa shape index (κ1) is 38.8. The van der Waals surface area contributed by atoms with Crippen LogP contribution < -0.4 is 0 Å². The summed E-state index contributed by atoms with van der Waals surface area (Å²) in [4.78, 5) is 30.3. The topological polar surface area (TPSA) is 90.5 Å². The maximum Gasteiger partial charge on any atom is 0.167 e. The quantitative estimate of drug-likeness (QED) is 0.154. The molecule has 7 nitrogen and oxygen atoms in total. The number of hydrogen-bond donors (Lipinski definition) is 0. The fraction of sp³-hybridized carbons (Fsp3) is 0. The molecule has 0 amide bonds. The Morgan fingerprint density at radius 3 is 1.55 bits per heavy atom. The Labute approximate surface area is 395 Å². The van der Waals surface area contributed by atoms with Gasteiger partial charge < -0.3 is 4.42 Å². The maximum atomic E-state index is 6.80. The normalized spacial score (nSPS) is 11.8. The van der Waals surface area contributed by atoms with E-state index in [2.05, 4.69) is 175 Å². The second kappa shape index (κ2) is 15.6. The molecule has 0 aliphatic rings. The largest absolute Gasteiger partial charge is 0.455 e. The van der Waals surface area contributed by atoms with Crippen LogP contribution in [0.5, 0.6) is 0 Å². The summed E-state index contributed by atoms with van der Waals surface area (Å²) in [5, 5.41) is 10.9. The number of hydrogen-bond acceptors (Lipinski definition) is 7. The van der Waals surface area contributed by atoms with Crippen LogP contribution in [0.25, 0.3) is 144 Å². The fourth-order valence-electron chi connectivity index (χ4n) is 10.3. The SMILES string of the molecule is c1cncc(-c2ccc(-c3nc(-c4cc(-c5c6ccccc6cc6ncccc56)cc(-c5c6ccccc6cc6ncccc56)c4)nc(-c4cccc5c4oc4ccc6ccccc6c45)n3)cc2)c1. The molecule has 0 saturated heterocycles. The fourth-order valence-corrected chi connectivity index (χ4v) is 10.3. The number of furan rings is 1. The third kappa shape index (κ3) is 6.43. The van der Waals surface area contributed by atoms with E-state index >= 15 is 0 Å². The molecule has 14 aromatic rings. The van der Waals surface area contributed by atoms with Crippen LogP contribution in [-0.4, -0.2) is 29.9 Å². The van der Waals surface area contributed by atoms with E-state index in [4.69, 9.17) is 29.3 Å². The summed E-state index contributed by atoms with van der Waals surface area (Å²) in [6.45, 7) is 0. The molecule has 0 N–H and O–H groups in total. The maximum absolute atomic E-state index is 6.80. The second-order valence-corrected chi connectivity index (χ2v) is 17.5. The van der Waals surface area contributed by atoms with E-state index in [1.54, 1.807) is 6.20 Å². The third-order valence-corrected chi connectivity index (χ3v) is 13.4. The molecule has 7 heteroatoms. The van der Waals surface area contributed by atoms with Gasteiger partial charge in [-0.25, -0.2) is 15.0 Å². The number of nitrogens with zero attached hydrogens (tertiary/aromatic N) is 6. The highest BCUT2D eigenvalue weighted by Gasteiger charge is 2.22. The van der Waals surface area contributed by atoms with Gasteiger partial charge in [0.25, 0.3) is 0 Å². The summed E-state index contributed by atoms with van der Waals surface area (Å²) in [6.07, 6.45) is 7.39. The van der Waals surface area contributed by atoms with Crippen LogP contribution in [-0.2, 0) is 0 Å². The zero-order chi connectivity index (χ0) is 45.4. The number of benzene rings is 9. The number of rotatable bonds is 6. The summed E-state index contributed by atoms with van der Waals surface area (Å²) >= 11 is 0. The Morgan fingerprint density at radius 2 is 0.884 bits per heavy atom. The minimum Gasteiger partial charge on any atom is -0.455 e. The van der Waals surface area contributed by atoms with E-state index in [1.807, 2.05) is 42.9 Å². The van der Waals surface area contributed by atoms with Crippen molar-refractivity contribution in [1.82, 2.24) is 29.9 Å². The monoisotopic (exact) mass is 880 g/mol. The molecule has 0 saturated carbocycles. The lowest BCUT2D eigenvalue weighted by molar-refractivity contribution is 0.670. The molecule has 320 valence electrons. The van der Waals surface area contributed by atoms with Gasteiger partial charge in [-0.3, -0.25) is 15.0 Å². The summed E-state index contributed by atoms with van der Waals surface area (Å²) < 4.78 is 6.80. The number of fused-ring (bicyclic) bond motifs is 9. The van der Waals surface area contributed by atoms with Crippen molar-refractivity contribution >= 4 is 76.1 Å². The Balaban J connectivity index is 1.07. The van der Waals surface area contributed by atoms with Crippen molar-refractivity contribution in [2.45, 2.75) is 0 Å². The molecule has 14 rings (SSSR count). The molecule has 0 aliphatic carbocycles. The first-order chi connectivity index (χ1) is 34.2. The van der Waals surface area contributed by atoms with Crippen molar-refractivity contribution in [3.05, 3.63) is 219 Å². The summed E-state index contributed by atoms with van der Waals surface area (Å²) in [6, 6.07) is 67.8. The van der Waals surface area contributed by atoms with Gasteiger partial charge in [-0.2, -0.15) is 0 Å². The van der Waals surface area contributed by atoms with Crippen LogP contribution in [0.15, 0.2) is 223 Å². The molecule has 0 spiro atoms. The van der Waals surface area contributed by atoms with Gasteiger partial charge in [0.05, 0.1) is 16.6 Å². The van der Waals surface area contributed by atoms with E-state index in [0.29, 0.717) is 17.5 Å². The summed E-state index contributed by atoms with van der Waals surface area (Å²) in [5.74, 6) is 1.57. The Morgan fingerprint density at radius 1 is 0.333 bits per heavy atom. The Kier molecular flexibility index (Phi) is 8.75. The number of pyridine rings is 3. The second-order valence-electron chi connectivity index (χ2n) is 17.5. The van der Waals surface area contributed by atoms with Gasteiger partial charge in [-0.05, 0) is 126 Å². The van der Waals surface area contributed by atoms with Crippen molar-refractivity contribution in [2.24, 2.45) is 0 Å². The molecule has 0 aliphatic heterocycles. The average Bonchev–Trinajstić information content (AvgIpc) is 3.81. The van der Waals surface area contributed by atoms with Gasteiger partial charge in [-0.1, -0.05) is 133 Å². The number of para-hydroxylation sites is 1. The highest BCUT2D eigenvalue weighted by atomic mass is 16.3. The summed E-state index contributed by atoms with van der Waals surface area (Å²) in [7, 11) is 0. The lowest BCUT2D eigenvalue weighted by Crippen LogP contribution is -2.01. The van der Waals surface area contributed by atoms with E-state index in [9.17, 15) is 0 Å². The zero-order valence-electron chi connectivity index (χ0n) is 36.9. The van der Waals surface area contributed by atoms with Gasteiger partial charge >= 0.3 is 0 Å². The van der Waals surface area contributed by atoms with Crippen molar-refractivity contribution in [3.8, 4) is 67.5 Å². The molecule has 0 unspecified atom stereocenters. The van der Waals surface area contributed by atoms with Crippen molar-refractivity contribution in [3.63, 3.8) is 0 Å². The molecule has 5 heterocycles. The van der Waals surface area contributed by atoms with Gasteiger partial charge in [0, 0.05) is 57.5 Å². The van der Waals surface area contributed by atoms with E-state index in [1.165, 1.54) is 0 Å². The molecule has 5 aromatic heterocycles. The Bertz CT molecular complexity index is 4130. The highest BCUT2D eigenvalue weighted by Crippen LogP contribution is 2.44. The van der Waals surface area contributed by atoms with Crippen LogP contribution >= 0.6 is 0 Å². The molecular weight excluding hydrogens is 845 g/mol. The summed E-state index contributed by atoms with van der Waals surface area (Å²) in [5.41, 5.74) is 12.1. The average molecular weight is 881 g/mol. The minimum absolute atomic E-state index is 0.506. The molecule has 0 fully saturated rings. The van der Waals surface area contributed by atoms with E-state index < -0.39 is 0 Å². The molecular formula is C62H36N6O. The third-order valence-electron chi connectivity index (χ3n) is 13.4. The molecule has 9 aromatic carbocycles. The van der Waals surface area contributed by atoms with Gasteiger partial charge in [0.15, 0.2) is 17.5 Å². The van der Waals surface area contributed by atoms with Gasteiger partial charge in [0.1, 0.15) is 11.2 Å². The standard InChI is InChI=1S/C62H36N6O/c1-4-15-46-38(11-1)26-27-55-58(46)51-18-7-19-52(59(51)69-55)62-67-60(39-24-22-37(23-25-39)42-14-8-28-63-36-42)66-61(68-62)45-32-43(56-47-16-5-2-12-40(47)34-53-49(56)20-9-29-64-53)31-44(33-45)57-48-17-6-3-13-41(48)35-54-50(57)21-10-30-65-54/h1-36H. The smallest absolute Gasteiger partial charge is 0.167 e. The van der Waals surface area contributed by atoms with Crippen LogP contribution in [0.1, 0.15) is 0 Å². The van der Waals surface area contributed by atoms with Crippen molar-refractivity contribution in [2.75, 3.05) is 0 Å². The zero-order valence-corrected chi connectivity index (χ0v) is 36.9. The van der Waals surface area contributed by atoms with Gasteiger partial charge in [0.2, 0.25) is 0 Å². The first-order valence-electron chi connectivity index (χ1n) is 23.0. The predicted molar refractivity (Wildman–Crippen MR) is 281 cm³/mol. The van der Waals surface area contributed by atoms with Crippen molar-refractivity contribution in [1.29, 1.82) is 0 Å². The van der Waals surface area contributed by atoms with Crippen LogP contribution in [0.4, 0.5) is 0 Å². The molecule has 69 heavy (non-hydrogen) atoms. The van der Waals surface area contributed by atoms with Gasteiger partial charge in [-0.15, -0.1) is 0 Å². The van der Waals surface area contributed by atoms with Crippen molar-refractivity contribution < 1.29 is 4.42 Å².